The van der Waals surface area contributed by atoms with E-state index < -0.39 is 6.04 Å². The zero-order valence-electron chi connectivity index (χ0n) is 12.6. The number of amides is 1. The molecule has 1 atom stereocenters. The molecule has 2 heterocycles. The molecule has 0 unspecified atom stereocenters. The zero-order valence-corrected chi connectivity index (χ0v) is 13.4. The smallest absolute Gasteiger partial charge is 0.240 e. The second-order valence-electron chi connectivity index (χ2n) is 6.58. The van der Waals surface area contributed by atoms with Crippen molar-refractivity contribution in [1.82, 2.24) is 9.80 Å². The van der Waals surface area contributed by atoms with Gasteiger partial charge in [0.15, 0.2) is 0 Å². The van der Waals surface area contributed by atoms with Crippen molar-refractivity contribution in [3.8, 4) is 0 Å². The predicted molar refractivity (Wildman–Crippen MR) is 83.6 cm³/mol. The second-order valence-corrected chi connectivity index (χ2v) is 7.36. The SMILES string of the molecule is CC(C)(C)[C@H](N)C(=O)N1CCN(Cc2ccsc2)CC1. The van der Waals surface area contributed by atoms with Gasteiger partial charge in [0.25, 0.3) is 0 Å². The summed E-state index contributed by atoms with van der Waals surface area (Å²) < 4.78 is 0. The highest BCUT2D eigenvalue weighted by Crippen LogP contribution is 2.20. The third kappa shape index (κ3) is 3.81. The van der Waals surface area contributed by atoms with Crippen molar-refractivity contribution in [3.63, 3.8) is 0 Å². The average molecular weight is 295 g/mol. The van der Waals surface area contributed by atoms with E-state index in [1.165, 1.54) is 5.56 Å². The Balaban J connectivity index is 1.83. The van der Waals surface area contributed by atoms with E-state index in [9.17, 15) is 4.79 Å². The maximum absolute atomic E-state index is 12.4. The highest BCUT2D eigenvalue weighted by Gasteiger charge is 2.32. The van der Waals surface area contributed by atoms with Gasteiger partial charge in [-0.3, -0.25) is 9.69 Å². The van der Waals surface area contributed by atoms with Crippen molar-refractivity contribution < 1.29 is 4.79 Å². The van der Waals surface area contributed by atoms with Crippen LogP contribution >= 0.6 is 11.3 Å². The van der Waals surface area contributed by atoms with E-state index in [-0.39, 0.29) is 11.3 Å². The Kier molecular flexibility index (Phi) is 4.83. The summed E-state index contributed by atoms with van der Waals surface area (Å²) in [4.78, 5) is 16.7. The topological polar surface area (TPSA) is 49.6 Å². The van der Waals surface area contributed by atoms with Crippen LogP contribution in [0.5, 0.6) is 0 Å². The molecule has 5 heteroatoms. The van der Waals surface area contributed by atoms with Crippen LogP contribution in [0, 0.1) is 5.41 Å². The first kappa shape index (κ1) is 15.5. The number of carbonyl (C=O) groups is 1. The van der Waals surface area contributed by atoms with Crippen LogP contribution in [0.25, 0.3) is 0 Å². The van der Waals surface area contributed by atoms with Crippen LogP contribution < -0.4 is 5.73 Å². The maximum Gasteiger partial charge on any atom is 0.240 e. The summed E-state index contributed by atoms with van der Waals surface area (Å²) >= 11 is 1.73. The van der Waals surface area contributed by atoms with Crippen molar-refractivity contribution in [2.75, 3.05) is 26.2 Å². The lowest BCUT2D eigenvalue weighted by molar-refractivity contribution is -0.136. The summed E-state index contributed by atoms with van der Waals surface area (Å²) in [6.45, 7) is 10.5. The molecule has 1 aliphatic rings. The average Bonchev–Trinajstić information content (AvgIpc) is 2.90. The van der Waals surface area contributed by atoms with E-state index in [4.69, 9.17) is 5.73 Å². The fourth-order valence-electron chi connectivity index (χ4n) is 2.33. The standard InChI is InChI=1S/C15H25N3OS/c1-15(2,3)13(16)14(19)18-7-5-17(6-8-18)10-12-4-9-20-11-12/h4,9,11,13H,5-8,10,16H2,1-3H3/t13-/m1/s1. The lowest BCUT2D eigenvalue weighted by atomic mass is 9.86. The van der Waals surface area contributed by atoms with Crippen LogP contribution in [0.2, 0.25) is 0 Å². The molecule has 0 spiro atoms. The Morgan fingerprint density at radius 2 is 2.00 bits per heavy atom. The van der Waals surface area contributed by atoms with Gasteiger partial charge in [-0.1, -0.05) is 20.8 Å². The number of nitrogens with zero attached hydrogens (tertiary/aromatic N) is 2. The summed E-state index contributed by atoms with van der Waals surface area (Å²) in [5.41, 5.74) is 7.25. The largest absolute Gasteiger partial charge is 0.339 e. The van der Waals surface area contributed by atoms with Crippen LogP contribution in [0.1, 0.15) is 26.3 Å². The van der Waals surface area contributed by atoms with Gasteiger partial charge in [-0.05, 0) is 27.8 Å². The number of rotatable bonds is 3. The van der Waals surface area contributed by atoms with E-state index in [0.29, 0.717) is 0 Å². The minimum absolute atomic E-state index is 0.0904. The van der Waals surface area contributed by atoms with Gasteiger partial charge in [0.1, 0.15) is 0 Å². The minimum atomic E-state index is -0.411. The van der Waals surface area contributed by atoms with Crippen LogP contribution in [0.15, 0.2) is 16.8 Å². The highest BCUT2D eigenvalue weighted by atomic mass is 32.1. The summed E-state index contributed by atoms with van der Waals surface area (Å²) in [5.74, 6) is 0.0904. The lowest BCUT2D eigenvalue weighted by Crippen LogP contribution is -2.56. The van der Waals surface area contributed by atoms with Gasteiger partial charge < -0.3 is 10.6 Å². The maximum atomic E-state index is 12.4. The lowest BCUT2D eigenvalue weighted by Gasteiger charge is -2.38. The normalized spacial score (nSPS) is 19.1. The molecule has 1 amide bonds. The fraction of sp³-hybridized carbons (Fsp3) is 0.667. The van der Waals surface area contributed by atoms with E-state index >= 15 is 0 Å². The highest BCUT2D eigenvalue weighted by molar-refractivity contribution is 7.07. The van der Waals surface area contributed by atoms with Gasteiger partial charge in [-0.15, -0.1) is 0 Å². The molecular weight excluding hydrogens is 270 g/mol. The van der Waals surface area contributed by atoms with Crippen molar-refractivity contribution >= 4 is 17.2 Å². The molecule has 1 aromatic rings. The van der Waals surface area contributed by atoms with E-state index in [0.717, 1.165) is 32.7 Å². The van der Waals surface area contributed by atoms with Crippen LogP contribution in [-0.4, -0.2) is 47.9 Å². The minimum Gasteiger partial charge on any atom is -0.339 e. The van der Waals surface area contributed by atoms with E-state index in [1.54, 1.807) is 11.3 Å². The van der Waals surface area contributed by atoms with Gasteiger partial charge in [-0.25, -0.2) is 0 Å². The molecule has 1 saturated heterocycles. The van der Waals surface area contributed by atoms with Crippen molar-refractivity contribution in [2.45, 2.75) is 33.4 Å². The number of piperazine rings is 1. The van der Waals surface area contributed by atoms with Crippen LogP contribution in [-0.2, 0) is 11.3 Å². The van der Waals surface area contributed by atoms with Gasteiger partial charge in [-0.2, -0.15) is 11.3 Å². The molecule has 1 aromatic heterocycles. The Morgan fingerprint density at radius 3 is 2.50 bits per heavy atom. The summed E-state index contributed by atoms with van der Waals surface area (Å²) in [6.07, 6.45) is 0. The molecule has 20 heavy (non-hydrogen) atoms. The monoisotopic (exact) mass is 295 g/mol. The molecular formula is C15H25N3OS. The van der Waals surface area contributed by atoms with Crippen LogP contribution in [0.3, 0.4) is 0 Å². The molecule has 2 N–H and O–H groups in total. The van der Waals surface area contributed by atoms with Crippen molar-refractivity contribution in [1.29, 1.82) is 0 Å². The molecule has 2 rings (SSSR count). The third-order valence-electron chi connectivity index (χ3n) is 3.87. The Bertz CT molecular complexity index is 430. The molecule has 4 nitrogen and oxygen atoms in total. The summed E-state index contributed by atoms with van der Waals surface area (Å²) in [5, 5.41) is 4.30. The quantitative estimate of drug-likeness (QED) is 0.924. The molecule has 112 valence electrons. The van der Waals surface area contributed by atoms with Gasteiger partial charge >= 0.3 is 0 Å². The molecule has 0 aliphatic carbocycles. The molecule has 0 saturated carbocycles. The summed E-state index contributed by atoms with van der Waals surface area (Å²) in [7, 11) is 0. The number of nitrogens with two attached hydrogens (primary N) is 1. The first-order valence-corrected chi connectivity index (χ1v) is 8.10. The molecule has 0 radical (unpaired) electrons. The number of hydrogen-bond donors (Lipinski definition) is 1. The zero-order chi connectivity index (χ0) is 14.8. The third-order valence-corrected chi connectivity index (χ3v) is 4.60. The number of thiophene rings is 1. The summed E-state index contributed by atoms with van der Waals surface area (Å²) in [6, 6.07) is 1.75. The molecule has 0 aromatic carbocycles. The molecule has 0 bridgehead atoms. The Morgan fingerprint density at radius 1 is 1.35 bits per heavy atom. The van der Waals surface area contributed by atoms with Gasteiger partial charge in [0.05, 0.1) is 6.04 Å². The first-order chi connectivity index (χ1) is 9.38. The number of carbonyl (C=O) groups excluding carboxylic acids is 1. The van der Waals surface area contributed by atoms with Crippen molar-refractivity contribution in [2.24, 2.45) is 11.1 Å². The Hall–Kier alpha value is -0.910. The predicted octanol–water partition coefficient (Wildman–Crippen LogP) is 1.77. The van der Waals surface area contributed by atoms with E-state index in [2.05, 4.69) is 21.7 Å². The Labute approximate surface area is 125 Å². The van der Waals surface area contributed by atoms with Gasteiger partial charge in [0.2, 0.25) is 5.91 Å². The van der Waals surface area contributed by atoms with E-state index in [1.807, 2.05) is 25.7 Å². The fourth-order valence-corrected chi connectivity index (χ4v) is 2.99. The van der Waals surface area contributed by atoms with Crippen LogP contribution in [0.4, 0.5) is 0 Å². The van der Waals surface area contributed by atoms with Gasteiger partial charge in [0, 0.05) is 32.7 Å². The number of hydrogen-bond acceptors (Lipinski definition) is 4. The molecule has 1 fully saturated rings. The van der Waals surface area contributed by atoms with Crippen molar-refractivity contribution in [3.05, 3.63) is 22.4 Å². The second kappa shape index (κ2) is 6.24. The first-order valence-electron chi connectivity index (χ1n) is 7.16. The molecule has 1 aliphatic heterocycles.